The summed E-state index contributed by atoms with van der Waals surface area (Å²) in [5.41, 5.74) is 5.78. The van der Waals surface area contributed by atoms with E-state index in [1.807, 2.05) is 25.1 Å². The Morgan fingerprint density at radius 3 is 2.60 bits per heavy atom. The summed E-state index contributed by atoms with van der Waals surface area (Å²) in [6.07, 6.45) is 1.04. The third-order valence-corrected chi connectivity index (χ3v) is 3.69. The molecule has 0 aliphatic rings. The van der Waals surface area contributed by atoms with Crippen molar-refractivity contribution in [2.24, 2.45) is 5.73 Å². The summed E-state index contributed by atoms with van der Waals surface area (Å²) in [6, 6.07) is 7.95. The molecule has 0 saturated carbocycles. The Bertz CT molecular complexity index is 448. The van der Waals surface area contributed by atoms with Crippen molar-refractivity contribution in [1.29, 1.82) is 0 Å². The zero-order valence-electron chi connectivity index (χ0n) is 12.9. The lowest BCUT2D eigenvalue weighted by atomic mass is 9.97. The van der Waals surface area contributed by atoms with Gasteiger partial charge in [0.25, 0.3) is 0 Å². The second kappa shape index (κ2) is 7.29. The highest BCUT2D eigenvalue weighted by Gasteiger charge is 2.31. The largest absolute Gasteiger partial charge is 0.491 e. The van der Waals surface area contributed by atoms with E-state index < -0.39 is 11.4 Å². The molecule has 0 aromatic heterocycles. The van der Waals surface area contributed by atoms with Gasteiger partial charge in [0.2, 0.25) is 5.91 Å². The number of rotatable bonds is 8. The average Bonchev–Trinajstić information content (AvgIpc) is 2.44. The molecule has 1 aromatic carbocycles. The van der Waals surface area contributed by atoms with E-state index in [4.69, 9.17) is 10.5 Å². The Labute approximate surface area is 121 Å². The molecule has 0 spiro atoms. The van der Waals surface area contributed by atoms with Crippen LogP contribution in [0.2, 0.25) is 0 Å². The zero-order chi connectivity index (χ0) is 15.2. The Morgan fingerprint density at radius 1 is 1.40 bits per heavy atom. The number of ether oxygens (including phenoxy) is 1. The zero-order valence-corrected chi connectivity index (χ0v) is 12.9. The van der Waals surface area contributed by atoms with E-state index in [-0.39, 0.29) is 6.61 Å². The number of nitrogens with two attached hydrogens (primary N) is 1. The van der Waals surface area contributed by atoms with Gasteiger partial charge in [-0.3, -0.25) is 4.79 Å². The maximum Gasteiger partial charge on any atom is 0.240 e. The number of likely N-dealkylation sites (N-methyl/N-ethyl adjacent to an activating group) is 1. The molecule has 0 fully saturated rings. The summed E-state index contributed by atoms with van der Waals surface area (Å²) in [4.78, 5) is 11.6. The quantitative estimate of drug-likeness (QED) is 0.767. The Hall–Kier alpha value is -1.55. The van der Waals surface area contributed by atoms with Crippen molar-refractivity contribution in [1.82, 2.24) is 5.32 Å². The van der Waals surface area contributed by atoms with Crippen molar-refractivity contribution in [3.8, 4) is 5.75 Å². The van der Waals surface area contributed by atoms with Gasteiger partial charge in [0.1, 0.15) is 17.9 Å². The second-order valence-corrected chi connectivity index (χ2v) is 5.36. The predicted molar refractivity (Wildman–Crippen MR) is 81.9 cm³/mol. The van der Waals surface area contributed by atoms with Crippen LogP contribution in [-0.4, -0.2) is 24.6 Å². The van der Waals surface area contributed by atoms with E-state index in [0.717, 1.165) is 12.2 Å². The van der Waals surface area contributed by atoms with Gasteiger partial charge in [-0.05, 0) is 37.4 Å². The molecule has 0 bridgehead atoms. The molecule has 0 aliphatic heterocycles. The minimum Gasteiger partial charge on any atom is -0.491 e. The van der Waals surface area contributed by atoms with Gasteiger partial charge in [0.15, 0.2) is 0 Å². The van der Waals surface area contributed by atoms with Gasteiger partial charge in [0, 0.05) is 0 Å². The fraction of sp³-hybridized carbons (Fsp3) is 0.562. The van der Waals surface area contributed by atoms with Gasteiger partial charge in [-0.1, -0.05) is 39.0 Å². The summed E-state index contributed by atoms with van der Waals surface area (Å²) >= 11 is 0. The highest BCUT2D eigenvalue weighted by molar-refractivity contribution is 5.84. The topological polar surface area (TPSA) is 64.3 Å². The number of para-hydroxylation sites is 1. The molecule has 1 amide bonds. The maximum atomic E-state index is 11.6. The molecule has 3 N–H and O–H groups in total. The van der Waals surface area contributed by atoms with Gasteiger partial charge in [-0.25, -0.2) is 0 Å². The molecule has 1 rings (SSSR count). The van der Waals surface area contributed by atoms with Crippen LogP contribution in [0.5, 0.6) is 5.75 Å². The van der Waals surface area contributed by atoms with E-state index in [1.54, 1.807) is 6.92 Å². The Balaban J connectivity index is 2.86. The molecule has 2 unspecified atom stereocenters. The molecule has 20 heavy (non-hydrogen) atoms. The summed E-state index contributed by atoms with van der Waals surface area (Å²) in [6.45, 7) is 8.91. The van der Waals surface area contributed by atoms with E-state index in [0.29, 0.717) is 12.5 Å². The molecule has 4 nitrogen and oxygen atoms in total. The number of benzene rings is 1. The van der Waals surface area contributed by atoms with E-state index in [1.165, 1.54) is 5.56 Å². The normalized spacial score (nSPS) is 15.4. The van der Waals surface area contributed by atoms with Gasteiger partial charge in [-0.2, -0.15) is 0 Å². The third kappa shape index (κ3) is 3.97. The Kier molecular flexibility index (Phi) is 6.02. The van der Waals surface area contributed by atoms with Crippen LogP contribution in [0.15, 0.2) is 24.3 Å². The molecular weight excluding hydrogens is 252 g/mol. The smallest absolute Gasteiger partial charge is 0.240 e. The maximum absolute atomic E-state index is 11.6. The van der Waals surface area contributed by atoms with Crippen molar-refractivity contribution in [2.45, 2.75) is 45.6 Å². The third-order valence-electron chi connectivity index (χ3n) is 3.69. The number of amides is 1. The van der Waals surface area contributed by atoms with Crippen LogP contribution in [0.1, 0.15) is 45.6 Å². The molecular formula is C16H26N2O2. The molecule has 0 radical (unpaired) electrons. The first kappa shape index (κ1) is 16.5. The molecule has 112 valence electrons. The lowest BCUT2D eigenvalue weighted by molar-refractivity contribution is -0.124. The van der Waals surface area contributed by atoms with Crippen molar-refractivity contribution in [3.63, 3.8) is 0 Å². The number of nitrogens with one attached hydrogen (secondary N) is 1. The molecule has 0 heterocycles. The van der Waals surface area contributed by atoms with Crippen molar-refractivity contribution < 1.29 is 9.53 Å². The fourth-order valence-corrected chi connectivity index (χ4v) is 2.06. The summed E-state index contributed by atoms with van der Waals surface area (Å²) in [5.74, 6) is 0.845. The fourth-order valence-electron chi connectivity index (χ4n) is 2.06. The predicted octanol–water partition coefficient (Wildman–Crippen LogP) is 2.43. The molecule has 1 aromatic rings. The van der Waals surface area contributed by atoms with Crippen LogP contribution in [0, 0.1) is 0 Å². The first-order chi connectivity index (χ1) is 9.44. The lowest BCUT2D eigenvalue weighted by Crippen LogP contribution is -2.57. The summed E-state index contributed by atoms with van der Waals surface area (Å²) < 4.78 is 5.88. The Morgan fingerprint density at radius 2 is 2.05 bits per heavy atom. The van der Waals surface area contributed by atoms with Crippen LogP contribution in [-0.2, 0) is 4.79 Å². The number of carbonyl (C=O) groups is 1. The molecule has 2 atom stereocenters. The minimum atomic E-state index is -0.850. The summed E-state index contributed by atoms with van der Waals surface area (Å²) in [7, 11) is 0. The van der Waals surface area contributed by atoms with Crippen LogP contribution >= 0.6 is 0 Å². The molecule has 0 aliphatic carbocycles. The average molecular weight is 278 g/mol. The van der Waals surface area contributed by atoms with Gasteiger partial charge < -0.3 is 15.8 Å². The van der Waals surface area contributed by atoms with E-state index in [9.17, 15) is 4.79 Å². The van der Waals surface area contributed by atoms with Crippen LogP contribution in [0.4, 0.5) is 0 Å². The monoisotopic (exact) mass is 278 g/mol. The van der Waals surface area contributed by atoms with E-state index in [2.05, 4.69) is 25.2 Å². The molecule has 0 saturated heterocycles. The van der Waals surface area contributed by atoms with Crippen molar-refractivity contribution in [2.75, 3.05) is 13.2 Å². The van der Waals surface area contributed by atoms with Gasteiger partial charge in [-0.15, -0.1) is 0 Å². The van der Waals surface area contributed by atoms with Crippen molar-refractivity contribution in [3.05, 3.63) is 29.8 Å². The SMILES string of the molecule is CCNC(C)(COc1ccccc1C(C)CC)C(N)=O. The summed E-state index contributed by atoms with van der Waals surface area (Å²) in [5, 5.41) is 3.09. The highest BCUT2D eigenvalue weighted by Crippen LogP contribution is 2.28. The van der Waals surface area contributed by atoms with E-state index >= 15 is 0 Å². The number of primary amides is 1. The number of carbonyl (C=O) groups excluding carboxylic acids is 1. The highest BCUT2D eigenvalue weighted by atomic mass is 16.5. The molecule has 4 heteroatoms. The van der Waals surface area contributed by atoms with Crippen LogP contribution < -0.4 is 15.8 Å². The number of hydrogen-bond acceptors (Lipinski definition) is 3. The van der Waals surface area contributed by atoms with Crippen LogP contribution in [0.3, 0.4) is 0 Å². The van der Waals surface area contributed by atoms with Gasteiger partial charge in [0.05, 0.1) is 0 Å². The lowest BCUT2D eigenvalue weighted by Gasteiger charge is -2.27. The minimum absolute atomic E-state index is 0.226. The first-order valence-corrected chi connectivity index (χ1v) is 7.21. The first-order valence-electron chi connectivity index (χ1n) is 7.21. The standard InChI is InChI=1S/C16H26N2O2/c1-5-12(3)13-9-7-8-10-14(13)20-11-16(4,15(17)19)18-6-2/h7-10,12,18H,5-6,11H2,1-4H3,(H2,17,19). The van der Waals surface area contributed by atoms with Gasteiger partial charge >= 0.3 is 0 Å². The number of hydrogen-bond donors (Lipinski definition) is 2. The second-order valence-electron chi connectivity index (χ2n) is 5.36. The van der Waals surface area contributed by atoms with Crippen molar-refractivity contribution >= 4 is 5.91 Å². The van der Waals surface area contributed by atoms with Crippen LogP contribution in [0.25, 0.3) is 0 Å².